The Kier molecular flexibility index (Phi) is 3.14. The van der Waals surface area contributed by atoms with Crippen LogP contribution in [0.4, 0.5) is 5.69 Å². The molecular formula is C11H15N5. The summed E-state index contributed by atoms with van der Waals surface area (Å²) in [5.41, 5.74) is 3.13. The van der Waals surface area contributed by atoms with Crippen molar-refractivity contribution in [2.45, 2.75) is 19.9 Å². The number of aryl methyl sites for hydroxylation is 2. The van der Waals surface area contributed by atoms with Crippen molar-refractivity contribution >= 4 is 5.69 Å². The summed E-state index contributed by atoms with van der Waals surface area (Å²) in [6, 6.07) is 1.90. The Morgan fingerprint density at radius 1 is 1.44 bits per heavy atom. The van der Waals surface area contributed by atoms with E-state index in [1.54, 1.807) is 12.5 Å². The molecule has 16 heavy (non-hydrogen) atoms. The maximum atomic E-state index is 4.36. The van der Waals surface area contributed by atoms with Crippen LogP contribution >= 0.6 is 0 Å². The Morgan fingerprint density at radius 2 is 2.31 bits per heavy atom. The molecule has 0 unspecified atom stereocenters. The summed E-state index contributed by atoms with van der Waals surface area (Å²) >= 11 is 0. The Balaban J connectivity index is 2.04. The van der Waals surface area contributed by atoms with Gasteiger partial charge in [-0.2, -0.15) is 5.10 Å². The van der Waals surface area contributed by atoms with Gasteiger partial charge in [-0.25, -0.2) is 9.97 Å². The van der Waals surface area contributed by atoms with E-state index in [1.165, 1.54) is 0 Å². The molecule has 0 saturated carbocycles. The van der Waals surface area contributed by atoms with Gasteiger partial charge in [-0.15, -0.1) is 0 Å². The Hall–Kier alpha value is -1.91. The standard InChI is InChI=1S/C11H15N5/c1-3-10-11(7-16(2)15-10)13-6-9-4-5-12-8-14-9/h4-5,7-8,13H,3,6H2,1-2H3. The molecule has 0 fully saturated rings. The van der Waals surface area contributed by atoms with Crippen molar-refractivity contribution < 1.29 is 0 Å². The summed E-state index contributed by atoms with van der Waals surface area (Å²) in [5, 5.41) is 7.69. The SMILES string of the molecule is CCc1nn(C)cc1NCc1ccncn1. The van der Waals surface area contributed by atoms with E-state index in [9.17, 15) is 0 Å². The molecule has 0 radical (unpaired) electrons. The highest BCUT2D eigenvalue weighted by molar-refractivity contribution is 5.46. The lowest BCUT2D eigenvalue weighted by molar-refractivity contribution is 0.746. The normalized spacial score (nSPS) is 10.4. The van der Waals surface area contributed by atoms with Crippen LogP contribution in [-0.2, 0) is 20.0 Å². The average molecular weight is 217 g/mol. The molecule has 0 atom stereocenters. The van der Waals surface area contributed by atoms with Gasteiger partial charge in [0.15, 0.2) is 0 Å². The molecule has 84 valence electrons. The maximum absolute atomic E-state index is 4.36. The van der Waals surface area contributed by atoms with E-state index >= 15 is 0 Å². The van der Waals surface area contributed by atoms with Crippen molar-refractivity contribution in [1.82, 2.24) is 19.7 Å². The van der Waals surface area contributed by atoms with E-state index < -0.39 is 0 Å². The van der Waals surface area contributed by atoms with Gasteiger partial charge in [0.1, 0.15) is 6.33 Å². The minimum atomic E-state index is 0.696. The van der Waals surface area contributed by atoms with Gasteiger partial charge in [0.2, 0.25) is 0 Å². The van der Waals surface area contributed by atoms with Crippen LogP contribution in [0.3, 0.4) is 0 Å². The molecule has 0 spiro atoms. The van der Waals surface area contributed by atoms with Crippen LogP contribution < -0.4 is 5.32 Å². The summed E-state index contributed by atoms with van der Waals surface area (Å²) in [6.07, 6.45) is 6.21. The molecule has 2 aromatic rings. The predicted molar refractivity (Wildman–Crippen MR) is 61.9 cm³/mol. The van der Waals surface area contributed by atoms with Crippen molar-refractivity contribution in [3.05, 3.63) is 36.2 Å². The van der Waals surface area contributed by atoms with Gasteiger partial charge < -0.3 is 5.32 Å². The van der Waals surface area contributed by atoms with Gasteiger partial charge in [0, 0.05) is 19.4 Å². The number of rotatable bonds is 4. The van der Waals surface area contributed by atoms with E-state index in [1.807, 2.05) is 24.0 Å². The lowest BCUT2D eigenvalue weighted by Gasteiger charge is -2.04. The number of nitrogens with one attached hydrogen (secondary N) is 1. The van der Waals surface area contributed by atoms with Gasteiger partial charge in [0.25, 0.3) is 0 Å². The van der Waals surface area contributed by atoms with Gasteiger partial charge in [-0.05, 0) is 12.5 Å². The molecular weight excluding hydrogens is 202 g/mol. The second-order valence-corrected chi connectivity index (χ2v) is 3.57. The summed E-state index contributed by atoms with van der Waals surface area (Å²) < 4.78 is 1.82. The van der Waals surface area contributed by atoms with Crippen molar-refractivity contribution in [2.75, 3.05) is 5.32 Å². The lowest BCUT2D eigenvalue weighted by atomic mass is 10.3. The smallest absolute Gasteiger partial charge is 0.115 e. The van der Waals surface area contributed by atoms with Crippen LogP contribution in [0.1, 0.15) is 18.3 Å². The molecule has 0 saturated heterocycles. The zero-order valence-corrected chi connectivity index (χ0v) is 9.51. The quantitative estimate of drug-likeness (QED) is 0.840. The molecule has 0 aliphatic carbocycles. The fourth-order valence-electron chi connectivity index (χ4n) is 1.55. The summed E-state index contributed by atoms with van der Waals surface area (Å²) in [4.78, 5) is 8.04. The number of anilines is 1. The molecule has 2 heterocycles. The lowest BCUT2D eigenvalue weighted by Crippen LogP contribution is -2.02. The van der Waals surface area contributed by atoms with Crippen molar-refractivity contribution in [1.29, 1.82) is 0 Å². The van der Waals surface area contributed by atoms with Crippen LogP contribution in [0, 0.1) is 0 Å². The van der Waals surface area contributed by atoms with Crippen molar-refractivity contribution in [3.8, 4) is 0 Å². The highest BCUT2D eigenvalue weighted by atomic mass is 15.3. The largest absolute Gasteiger partial charge is 0.377 e. The molecule has 1 N–H and O–H groups in total. The molecule has 0 aromatic carbocycles. The minimum absolute atomic E-state index is 0.696. The average Bonchev–Trinajstić information content (AvgIpc) is 2.68. The molecule has 0 bridgehead atoms. The van der Waals surface area contributed by atoms with Crippen LogP contribution in [0.15, 0.2) is 24.8 Å². The van der Waals surface area contributed by atoms with E-state index in [0.717, 1.165) is 23.5 Å². The van der Waals surface area contributed by atoms with E-state index in [2.05, 4.69) is 27.3 Å². The van der Waals surface area contributed by atoms with Crippen LogP contribution in [0.25, 0.3) is 0 Å². The highest BCUT2D eigenvalue weighted by Gasteiger charge is 2.04. The second-order valence-electron chi connectivity index (χ2n) is 3.57. The predicted octanol–water partition coefficient (Wildman–Crippen LogP) is 1.38. The van der Waals surface area contributed by atoms with Crippen LogP contribution in [0.2, 0.25) is 0 Å². The molecule has 0 aliphatic heterocycles. The third-order valence-electron chi connectivity index (χ3n) is 2.34. The van der Waals surface area contributed by atoms with Gasteiger partial charge in [-0.3, -0.25) is 4.68 Å². The number of hydrogen-bond donors (Lipinski definition) is 1. The zero-order chi connectivity index (χ0) is 11.4. The number of nitrogens with zero attached hydrogens (tertiary/aromatic N) is 4. The Labute approximate surface area is 94.5 Å². The number of hydrogen-bond acceptors (Lipinski definition) is 4. The van der Waals surface area contributed by atoms with Gasteiger partial charge in [0.05, 0.1) is 23.6 Å². The topological polar surface area (TPSA) is 55.6 Å². The minimum Gasteiger partial charge on any atom is -0.377 e. The molecule has 5 heteroatoms. The summed E-state index contributed by atoms with van der Waals surface area (Å²) in [7, 11) is 1.93. The van der Waals surface area contributed by atoms with E-state index in [0.29, 0.717) is 6.54 Å². The fraction of sp³-hybridized carbons (Fsp3) is 0.364. The molecule has 5 nitrogen and oxygen atoms in total. The van der Waals surface area contributed by atoms with Crippen molar-refractivity contribution in [3.63, 3.8) is 0 Å². The van der Waals surface area contributed by atoms with Crippen LogP contribution in [0.5, 0.6) is 0 Å². The van der Waals surface area contributed by atoms with E-state index in [4.69, 9.17) is 0 Å². The summed E-state index contributed by atoms with van der Waals surface area (Å²) in [6.45, 7) is 2.79. The van der Waals surface area contributed by atoms with Crippen molar-refractivity contribution in [2.24, 2.45) is 7.05 Å². The summed E-state index contributed by atoms with van der Waals surface area (Å²) in [5.74, 6) is 0. The molecule has 0 amide bonds. The Morgan fingerprint density at radius 3 is 3.00 bits per heavy atom. The highest BCUT2D eigenvalue weighted by Crippen LogP contribution is 2.14. The zero-order valence-electron chi connectivity index (χ0n) is 9.51. The van der Waals surface area contributed by atoms with Gasteiger partial charge in [-0.1, -0.05) is 6.92 Å². The first kappa shape index (κ1) is 10.6. The molecule has 2 rings (SSSR count). The first-order valence-corrected chi connectivity index (χ1v) is 5.31. The first-order valence-electron chi connectivity index (χ1n) is 5.31. The third-order valence-corrected chi connectivity index (χ3v) is 2.34. The monoisotopic (exact) mass is 217 g/mol. The first-order chi connectivity index (χ1) is 7.79. The van der Waals surface area contributed by atoms with E-state index in [-0.39, 0.29) is 0 Å². The molecule has 2 aromatic heterocycles. The fourth-order valence-corrected chi connectivity index (χ4v) is 1.55. The number of aromatic nitrogens is 4. The Bertz CT molecular complexity index is 449. The van der Waals surface area contributed by atoms with Gasteiger partial charge >= 0.3 is 0 Å². The third kappa shape index (κ3) is 2.36. The second kappa shape index (κ2) is 4.74. The molecule has 0 aliphatic rings. The van der Waals surface area contributed by atoms with Crippen LogP contribution in [-0.4, -0.2) is 19.7 Å². The maximum Gasteiger partial charge on any atom is 0.115 e.